The summed E-state index contributed by atoms with van der Waals surface area (Å²) in [6.07, 6.45) is 4.23. The minimum absolute atomic E-state index is 0.0000183. The minimum Gasteiger partial charge on any atom is -0.290 e. The van der Waals surface area contributed by atoms with Crippen molar-refractivity contribution >= 4 is 17.0 Å². The Morgan fingerprint density at radius 3 is 3.09 bits per heavy atom. The largest absolute Gasteiger partial charge is 0.290 e. The summed E-state index contributed by atoms with van der Waals surface area (Å²) in [4.78, 5) is 19.5. The minimum atomic E-state index is -0.0000183. The number of likely N-dealkylation sites (tertiary alicyclic amines) is 1. The normalized spacial score (nSPS) is 18.7. The fourth-order valence-electron chi connectivity index (χ4n) is 3.40. The van der Waals surface area contributed by atoms with E-state index in [0.717, 1.165) is 30.0 Å². The van der Waals surface area contributed by atoms with Crippen molar-refractivity contribution in [3.05, 3.63) is 68.4 Å². The number of pyridine rings is 1. The van der Waals surface area contributed by atoms with E-state index in [0.29, 0.717) is 6.04 Å². The van der Waals surface area contributed by atoms with Gasteiger partial charge in [-0.25, -0.2) is 4.98 Å². The zero-order valence-electron chi connectivity index (χ0n) is 13.1. The summed E-state index contributed by atoms with van der Waals surface area (Å²) in [6.45, 7) is 3.78. The van der Waals surface area contributed by atoms with Gasteiger partial charge in [-0.15, -0.1) is 0 Å². The highest BCUT2D eigenvalue weighted by atomic mass is 32.1. The number of aryl methyl sites for hydroxylation is 1. The van der Waals surface area contributed by atoms with Gasteiger partial charge in [-0.1, -0.05) is 6.07 Å². The Morgan fingerprint density at radius 1 is 1.35 bits per heavy atom. The topological polar surface area (TPSA) is 37.6 Å². The lowest BCUT2D eigenvalue weighted by Crippen LogP contribution is -2.25. The second-order valence-corrected chi connectivity index (χ2v) is 6.99. The molecule has 0 aromatic carbocycles. The van der Waals surface area contributed by atoms with E-state index in [1.807, 2.05) is 25.3 Å². The van der Waals surface area contributed by atoms with Crippen molar-refractivity contribution in [1.82, 2.24) is 14.3 Å². The van der Waals surface area contributed by atoms with Crippen molar-refractivity contribution < 1.29 is 0 Å². The van der Waals surface area contributed by atoms with Gasteiger partial charge in [-0.3, -0.25) is 14.1 Å². The SMILES string of the molecule is Cc1ccc2nc(CN3CCCC3c3ccsc3)cc(=O)n2c1. The van der Waals surface area contributed by atoms with E-state index in [9.17, 15) is 4.79 Å². The number of hydrogen-bond donors (Lipinski definition) is 0. The number of aromatic nitrogens is 2. The number of fused-ring (bicyclic) bond motifs is 1. The van der Waals surface area contributed by atoms with E-state index in [1.54, 1.807) is 21.8 Å². The smallest absolute Gasteiger partial charge is 0.258 e. The van der Waals surface area contributed by atoms with E-state index < -0.39 is 0 Å². The molecular weight excluding hydrogens is 306 g/mol. The first kappa shape index (κ1) is 14.6. The molecule has 23 heavy (non-hydrogen) atoms. The second kappa shape index (κ2) is 5.91. The van der Waals surface area contributed by atoms with Gasteiger partial charge in [0.15, 0.2) is 0 Å². The van der Waals surface area contributed by atoms with E-state index >= 15 is 0 Å². The number of rotatable bonds is 3. The molecule has 3 aromatic rings. The molecule has 1 aliphatic heterocycles. The lowest BCUT2D eigenvalue weighted by atomic mass is 10.1. The van der Waals surface area contributed by atoms with Crippen LogP contribution in [0.15, 0.2) is 46.0 Å². The highest BCUT2D eigenvalue weighted by Gasteiger charge is 2.26. The molecule has 4 rings (SSSR count). The van der Waals surface area contributed by atoms with Crippen LogP contribution in [0, 0.1) is 6.92 Å². The quantitative estimate of drug-likeness (QED) is 0.741. The van der Waals surface area contributed by atoms with Crippen LogP contribution >= 0.6 is 11.3 Å². The predicted octanol–water partition coefficient (Wildman–Crippen LogP) is 3.40. The van der Waals surface area contributed by atoms with Gasteiger partial charge in [0.05, 0.1) is 5.69 Å². The Bertz CT molecular complexity index is 885. The van der Waals surface area contributed by atoms with Crippen LogP contribution in [0.1, 0.15) is 35.7 Å². The summed E-state index contributed by atoms with van der Waals surface area (Å²) in [5.41, 5.74) is 4.04. The Morgan fingerprint density at radius 2 is 2.26 bits per heavy atom. The molecule has 1 fully saturated rings. The van der Waals surface area contributed by atoms with Gasteiger partial charge in [0.2, 0.25) is 0 Å². The van der Waals surface area contributed by atoms with Crippen LogP contribution in [-0.4, -0.2) is 20.8 Å². The Kier molecular flexibility index (Phi) is 3.75. The Balaban J connectivity index is 1.65. The van der Waals surface area contributed by atoms with Crippen molar-refractivity contribution in [3.63, 3.8) is 0 Å². The molecule has 0 radical (unpaired) electrons. The molecular formula is C18H19N3OS. The number of thiophene rings is 1. The van der Waals surface area contributed by atoms with Crippen molar-refractivity contribution in [2.45, 2.75) is 32.4 Å². The first-order valence-corrected chi connectivity index (χ1v) is 8.90. The van der Waals surface area contributed by atoms with Gasteiger partial charge in [0, 0.05) is 24.8 Å². The van der Waals surface area contributed by atoms with Crippen LogP contribution in [0.3, 0.4) is 0 Å². The van der Waals surface area contributed by atoms with Crippen molar-refractivity contribution in [3.8, 4) is 0 Å². The molecule has 0 amide bonds. The van der Waals surface area contributed by atoms with Crippen LogP contribution in [0.2, 0.25) is 0 Å². The lowest BCUT2D eigenvalue weighted by Gasteiger charge is -2.23. The van der Waals surface area contributed by atoms with Crippen LogP contribution in [0.5, 0.6) is 0 Å². The molecule has 118 valence electrons. The van der Waals surface area contributed by atoms with Crippen LogP contribution in [0.4, 0.5) is 0 Å². The summed E-state index contributed by atoms with van der Waals surface area (Å²) in [7, 11) is 0. The van der Waals surface area contributed by atoms with E-state index in [-0.39, 0.29) is 5.56 Å². The van der Waals surface area contributed by atoms with Gasteiger partial charge in [0.1, 0.15) is 5.65 Å². The summed E-state index contributed by atoms with van der Waals surface area (Å²) in [6, 6.07) is 8.25. The van der Waals surface area contributed by atoms with Crippen LogP contribution in [-0.2, 0) is 6.54 Å². The maximum Gasteiger partial charge on any atom is 0.258 e. The number of nitrogens with zero attached hydrogens (tertiary/aromatic N) is 3. The average molecular weight is 325 g/mol. The molecule has 0 spiro atoms. The van der Waals surface area contributed by atoms with E-state index in [1.165, 1.54) is 18.4 Å². The number of hydrogen-bond acceptors (Lipinski definition) is 4. The van der Waals surface area contributed by atoms with Crippen molar-refractivity contribution in [2.24, 2.45) is 0 Å². The standard InChI is InChI=1S/C18H19N3OS/c1-13-4-5-17-19-15(9-18(22)21(17)10-13)11-20-7-2-3-16(20)14-6-8-23-12-14/h4-6,8-10,12,16H,2-3,7,11H2,1H3. The second-order valence-electron chi connectivity index (χ2n) is 6.21. The third kappa shape index (κ3) is 2.82. The molecule has 4 nitrogen and oxygen atoms in total. The molecule has 0 bridgehead atoms. The molecule has 1 atom stereocenters. The summed E-state index contributed by atoms with van der Waals surface area (Å²) in [5, 5.41) is 4.36. The molecule has 0 saturated carbocycles. The maximum atomic E-state index is 12.3. The predicted molar refractivity (Wildman–Crippen MR) is 92.9 cm³/mol. The molecule has 1 saturated heterocycles. The van der Waals surface area contributed by atoms with E-state index in [2.05, 4.69) is 26.7 Å². The summed E-state index contributed by atoms with van der Waals surface area (Å²) in [5.74, 6) is 0. The van der Waals surface area contributed by atoms with Gasteiger partial charge in [-0.05, 0) is 60.3 Å². The molecule has 3 aromatic heterocycles. The monoisotopic (exact) mass is 325 g/mol. The molecule has 1 unspecified atom stereocenters. The molecule has 4 heterocycles. The van der Waals surface area contributed by atoms with Crippen LogP contribution < -0.4 is 5.56 Å². The van der Waals surface area contributed by atoms with Gasteiger partial charge >= 0.3 is 0 Å². The lowest BCUT2D eigenvalue weighted by molar-refractivity contribution is 0.246. The third-order valence-corrected chi connectivity index (χ3v) is 5.22. The Hall–Kier alpha value is -1.98. The van der Waals surface area contributed by atoms with E-state index in [4.69, 9.17) is 0 Å². The fourth-order valence-corrected chi connectivity index (χ4v) is 4.11. The Labute approximate surface area is 139 Å². The first-order valence-electron chi connectivity index (χ1n) is 7.96. The first-order chi connectivity index (χ1) is 11.2. The molecule has 0 aliphatic carbocycles. The zero-order valence-corrected chi connectivity index (χ0v) is 13.9. The molecule has 0 N–H and O–H groups in total. The third-order valence-electron chi connectivity index (χ3n) is 4.52. The van der Waals surface area contributed by atoms with Crippen molar-refractivity contribution in [2.75, 3.05) is 6.54 Å². The summed E-state index contributed by atoms with van der Waals surface area (Å²) < 4.78 is 1.62. The molecule has 5 heteroatoms. The summed E-state index contributed by atoms with van der Waals surface area (Å²) >= 11 is 1.74. The highest BCUT2D eigenvalue weighted by Crippen LogP contribution is 2.33. The van der Waals surface area contributed by atoms with Gasteiger partial charge < -0.3 is 0 Å². The average Bonchev–Trinajstić information content (AvgIpc) is 3.19. The van der Waals surface area contributed by atoms with Gasteiger partial charge in [0.25, 0.3) is 5.56 Å². The van der Waals surface area contributed by atoms with Crippen molar-refractivity contribution in [1.29, 1.82) is 0 Å². The molecule has 1 aliphatic rings. The van der Waals surface area contributed by atoms with Gasteiger partial charge in [-0.2, -0.15) is 11.3 Å². The zero-order chi connectivity index (χ0) is 15.8. The maximum absolute atomic E-state index is 12.3. The van der Waals surface area contributed by atoms with Crippen LogP contribution in [0.25, 0.3) is 5.65 Å². The highest BCUT2D eigenvalue weighted by molar-refractivity contribution is 7.07. The fraction of sp³-hybridized carbons (Fsp3) is 0.333.